The molecule has 25 heavy (non-hydrogen) atoms. The summed E-state index contributed by atoms with van der Waals surface area (Å²) in [5, 5.41) is 2.80. The Morgan fingerprint density at radius 2 is 1.60 bits per heavy atom. The van der Waals surface area contributed by atoms with Crippen LogP contribution in [0.2, 0.25) is 0 Å². The van der Waals surface area contributed by atoms with Gasteiger partial charge in [-0.1, -0.05) is 30.4 Å². The Hall–Kier alpha value is -2.43. The van der Waals surface area contributed by atoms with E-state index in [1.54, 1.807) is 19.1 Å². The molecule has 1 aliphatic heterocycles. The number of imide groups is 1. The Bertz CT molecular complexity index is 766. The zero-order valence-corrected chi connectivity index (χ0v) is 14.0. The quantitative estimate of drug-likeness (QED) is 0.679. The van der Waals surface area contributed by atoms with Gasteiger partial charge in [-0.2, -0.15) is 0 Å². The van der Waals surface area contributed by atoms with Crippen LogP contribution in [0.5, 0.6) is 0 Å². The van der Waals surface area contributed by atoms with Gasteiger partial charge in [0.15, 0.2) is 0 Å². The number of rotatable bonds is 3. The van der Waals surface area contributed by atoms with Crippen molar-refractivity contribution in [2.45, 2.75) is 19.4 Å². The van der Waals surface area contributed by atoms with Gasteiger partial charge >= 0.3 is 0 Å². The molecule has 1 heterocycles. The number of carbonyl (C=O) groups is 3. The summed E-state index contributed by atoms with van der Waals surface area (Å²) in [6.07, 6.45) is 5.42. The molecule has 0 spiro atoms. The summed E-state index contributed by atoms with van der Waals surface area (Å²) >= 11 is 0. The van der Waals surface area contributed by atoms with E-state index in [1.165, 1.54) is 4.90 Å². The van der Waals surface area contributed by atoms with E-state index in [1.807, 2.05) is 18.2 Å². The second-order valence-corrected chi connectivity index (χ2v) is 7.73. The molecule has 5 aliphatic rings. The van der Waals surface area contributed by atoms with Crippen LogP contribution >= 0.6 is 0 Å². The second-order valence-electron chi connectivity index (χ2n) is 7.73. The molecule has 5 heteroatoms. The lowest BCUT2D eigenvalue weighted by Gasteiger charge is -2.37. The lowest BCUT2D eigenvalue weighted by Crippen LogP contribution is -2.46. The average molecular weight is 336 g/mol. The van der Waals surface area contributed by atoms with Crippen LogP contribution < -0.4 is 5.32 Å². The molecule has 4 aliphatic carbocycles. The van der Waals surface area contributed by atoms with Gasteiger partial charge in [-0.15, -0.1) is 0 Å². The highest BCUT2D eigenvalue weighted by molar-refractivity contribution is 6.10. The Morgan fingerprint density at radius 1 is 1.04 bits per heavy atom. The Kier molecular flexibility index (Phi) is 3.00. The van der Waals surface area contributed by atoms with Gasteiger partial charge in [0, 0.05) is 5.69 Å². The molecule has 3 amide bonds. The van der Waals surface area contributed by atoms with Crippen LogP contribution in [0.3, 0.4) is 0 Å². The number of allylic oxidation sites excluding steroid dienone is 2. The molecule has 1 saturated heterocycles. The van der Waals surface area contributed by atoms with Gasteiger partial charge < -0.3 is 5.32 Å². The van der Waals surface area contributed by atoms with Crippen molar-refractivity contribution in [2.75, 3.05) is 5.32 Å². The fourth-order valence-corrected chi connectivity index (χ4v) is 5.25. The number of likely N-dealkylation sites (tertiary alicyclic amines) is 1. The van der Waals surface area contributed by atoms with Crippen LogP contribution in [0, 0.1) is 35.5 Å². The highest BCUT2D eigenvalue weighted by Gasteiger charge is 2.67. The molecule has 128 valence electrons. The number of para-hydroxylation sites is 1. The topological polar surface area (TPSA) is 66.5 Å². The summed E-state index contributed by atoms with van der Waals surface area (Å²) < 4.78 is 0. The molecule has 7 atom stereocenters. The molecule has 1 aromatic carbocycles. The van der Waals surface area contributed by atoms with E-state index in [0.29, 0.717) is 17.5 Å². The Labute approximate surface area is 146 Å². The monoisotopic (exact) mass is 336 g/mol. The molecule has 6 rings (SSSR count). The van der Waals surface area contributed by atoms with E-state index in [-0.39, 0.29) is 41.4 Å². The molecule has 2 bridgehead atoms. The number of carbonyl (C=O) groups excluding carboxylic acids is 3. The minimum Gasteiger partial charge on any atom is -0.324 e. The molecular weight excluding hydrogens is 316 g/mol. The number of amides is 3. The van der Waals surface area contributed by atoms with Gasteiger partial charge in [-0.25, -0.2) is 0 Å². The molecule has 2 saturated carbocycles. The maximum Gasteiger partial charge on any atom is 0.247 e. The van der Waals surface area contributed by atoms with Crippen molar-refractivity contribution in [3.8, 4) is 0 Å². The van der Waals surface area contributed by atoms with Crippen molar-refractivity contribution in [1.82, 2.24) is 4.90 Å². The van der Waals surface area contributed by atoms with Crippen molar-refractivity contribution in [3.63, 3.8) is 0 Å². The van der Waals surface area contributed by atoms with E-state index >= 15 is 0 Å². The maximum atomic E-state index is 13.0. The van der Waals surface area contributed by atoms with Crippen molar-refractivity contribution in [3.05, 3.63) is 42.5 Å². The highest BCUT2D eigenvalue weighted by atomic mass is 16.2. The first-order valence-electron chi connectivity index (χ1n) is 8.99. The average Bonchev–Trinajstić information content (AvgIpc) is 3.40. The first-order valence-corrected chi connectivity index (χ1v) is 8.99. The number of hydrogen-bond donors (Lipinski definition) is 1. The lowest BCUT2D eigenvalue weighted by atomic mass is 9.63. The van der Waals surface area contributed by atoms with E-state index < -0.39 is 6.04 Å². The fraction of sp³-hybridized carbons (Fsp3) is 0.450. The van der Waals surface area contributed by atoms with Crippen LogP contribution in [0.1, 0.15) is 13.3 Å². The van der Waals surface area contributed by atoms with Crippen molar-refractivity contribution >= 4 is 23.4 Å². The molecule has 5 nitrogen and oxygen atoms in total. The SMILES string of the molecule is C[C@@H](C(=O)Nc1ccccc1)N1C(=O)[C@@H]2[C@@H]3C=C[C@H]([C@H]4C[C@H]34)[C@@H]2C1=O. The second kappa shape index (κ2) is 5.04. The summed E-state index contributed by atoms with van der Waals surface area (Å²) in [6.45, 7) is 1.64. The van der Waals surface area contributed by atoms with Gasteiger partial charge in [0.05, 0.1) is 11.8 Å². The number of anilines is 1. The zero-order chi connectivity index (χ0) is 17.3. The summed E-state index contributed by atoms with van der Waals surface area (Å²) in [5.41, 5.74) is 0.666. The minimum absolute atomic E-state index is 0.157. The van der Waals surface area contributed by atoms with E-state index in [0.717, 1.165) is 6.42 Å². The maximum absolute atomic E-state index is 13.0. The summed E-state index contributed by atoms with van der Waals surface area (Å²) in [5.74, 6) is 0.374. The predicted octanol–water partition coefficient (Wildman–Crippen LogP) is 2.07. The zero-order valence-electron chi connectivity index (χ0n) is 14.0. The lowest BCUT2D eigenvalue weighted by molar-refractivity contribution is -0.146. The smallest absolute Gasteiger partial charge is 0.247 e. The normalized spacial score (nSPS) is 38.4. The van der Waals surface area contributed by atoms with Crippen molar-refractivity contribution in [2.24, 2.45) is 35.5 Å². The molecular formula is C20H20N2O3. The van der Waals surface area contributed by atoms with Crippen molar-refractivity contribution < 1.29 is 14.4 Å². The summed E-state index contributed by atoms with van der Waals surface area (Å²) in [4.78, 5) is 39.8. The standard InChI is InChI=1S/C20H20N2O3/c1-10(18(23)21-11-5-3-2-4-6-11)22-19(24)16-12-7-8-13(15-9-14(12)15)17(16)20(22)25/h2-8,10,12-17H,9H2,1H3,(H,21,23)/t10-,12+,13+,14+,15+,16-,17+/m0/s1. The van der Waals surface area contributed by atoms with Crippen LogP contribution in [0.15, 0.2) is 42.5 Å². The highest BCUT2D eigenvalue weighted by Crippen LogP contribution is 2.65. The first kappa shape index (κ1) is 14.9. The number of nitrogens with zero attached hydrogens (tertiary/aromatic N) is 1. The molecule has 3 fully saturated rings. The van der Waals surface area contributed by atoms with Gasteiger partial charge in [0.2, 0.25) is 17.7 Å². The van der Waals surface area contributed by atoms with Gasteiger partial charge in [-0.05, 0) is 49.1 Å². The fourth-order valence-electron chi connectivity index (χ4n) is 5.25. The van der Waals surface area contributed by atoms with Gasteiger partial charge in [-0.3, -0.25) is 19.3 Å². The molecule has 0 unspecified atom stereocenters. The van der Waals surface area contributed by atoms with Crippen LogP contribution in [-0.2, 0) is 14.4 Å². The van der Waals surface area contributed by atoms with E-state index in [9.17, 15) is 14.4 Å². The van der Waals surface area contributed by atoms with Gasteiger partial charge in [0.25, 0.3) is 0 Å². The predicted molar refractivity (Wildman–Crippen MR) is 91.1 cm³/mol. The van der Waals surface area contributed by atoms with Gasteiger partial charge in [0.1, 0.15) is 6.04 Å². The van der Waals surface area contributed by atoms with Crippen molar-refractivity contribution in [1.29, 1.82) is 0 Å². The number of nitrogens with one attached hydrogen (secondary N) is 1. The van der Waals surface area contributed by atoms with Crippen LogP contribution in [-0.4, -0.2) is 28.7 Å². The third-order valence-corrected chi connectivity index (χ3v) is 6.50. The van der Waals surface area contributed by atoms with Crippen LogP contribution in [0.25, 0.3) is 0 Å². The Balaban J connectivity index is 1.39. The molecule has 1 N–H and O–H groups in total. The van der Waals surface area contributed by atoms with Crippen LogP contribution in [0.4, 0.5) is 5.69 Å². The molecule has 0 aromatic heterocycles. The van der Waals surface area contributed by atoms with E-state index in [2.05, 4.69) is 17.5 Å². The summed E-state index contributed by atoms with van der Waals surface area (Å²) in [6, 6.07) is 8.31. The Morgan fingerprint density at radius 3 is 2.16 bits per heavy atom. The third-order valence-electron chi connectivity index (χ3n) is 6.50. The molecule has 0 radical (unpaired) electrons. The van der Waals surface area contributed by atoms with E-state index in [4.69, 9.17) is 0 Å². The number of hydrogen-bond acceptors (Lipinski definition) is 3. The third kappa shape index (κ3) is 1.98. The summed E-state index contributed by atoms with van der Waals surface area (Å²) in [7, 11) is 0. The number of benzene rings is 1. The molecule has 1 aromatic rings. The minimum atomic E-state index is -0.790. The largest absolute Gasteiger partial charge is 0.324 e. The first-order chi connectivity index (χ1) is 12.1.